The van der Waals surface area contributed by atoms with Crippen molar-refractivity contribution in [1.82, 2.24) is 15.2 Å². The number of H-pyrrole nitrogens is 1. The van der Waals surface area contributed by atoms with Gasteiger partial charge < -0.3 is 14.8 Å². The Morgan fingerprint density at radius 1 is 1.11 bits per heavy atom. The van der Waals surface area contributed by atoms with Crippen molar-refractivity contribution in [2.75, 3.05) is 18.7 Å². The van der Waals surface area contributed by atoms with Crippen LogP contribution in [-0.2, 0) is 32.4 Å². The molecule has 0 bridgehead atoms. The van der Waals surface area contributed by atoms with Crippen molar-refractivity contribution in [3.63, 3.8) is 0 Å². The fourth-order valence-electron chi connectivity index (χ4n) is 3.60. The second kappa shape index (κ2) is 9.97. The van der Waals surface area contributed by atoms with Crippen LogP contribution in [-0.4, -0.2) is 38.7 Å². The highest BCUT2D eigenvalue weighted by molar-refractivity contribution is 7.84. The van der Waals surface area contributed by atoms with Crippen LogP contribution in [0.25, 0.3) is 10.9 Å². The number of ether oxygens (including phenoxy) is 2. The number of aryl methyl sites for hydroxylation is 1. The minimum absolute atomic E-state index is 0.174. The lowest BCUT2D eigenvalue weighted by molar-refractivity contribution is -0.115. The van der Waals surface area contributed by atoms with Crippen molar-refractivity contribution in [3.05, 3.63) is 71.5 Å². The molecule has 182 valence electrons. The Kier molecular flexibility index (Phi) is 7.00. The van der Waals surface area contributed by atoms with Crippen molar-refractivity contribution >= 4 is 33.4 Å². The van der Waals surface area contributed by atoms with E-state index in [0.717, 1.165) is 27.7 Å². The smallest absolute Gasteiger partial charge is 0.229 e. The van der Waals surface area contributed by atoms with Crippen LogP contribution in [0.2, 0.25) is 0 Å². The third-order valence-corrected chi connectivity index (χ3v) is 6.75. The Balaban J connectivity index is 1.47. The Morgan fingerprint density at radius 2 is 1.91 bits per heavy atom. The molecule has 1 atom stereocenters. The van der Waals surface area contributed by atoms with Gasteiger partial charge in [0.25, 0.3) is 0 Å². The number of aromatic nitrogens is 3. The summed E-state index contributed by atoms with van der Waals surface area (Å²) in [6.45, 7) is 5.76. The van der Waals surface area contributed by atoms with Crippen molar-refractivity contribution in [2.24, 2.45) is 0 Å². The summed E-state index contributed by atoms with van der Waals surface area (Å²) in [6.07, 6.45) is 3.52. The molecule has 4 aromatic rings. The van der Waals surface area contributed by atoms with Gasteiger partial charge in [-0.25, -0.2) is 0 Å². The maximum Gasteiger partial charge on any atom is 0.229 e. The number of anilines is 1. The van der Waals surface area contributed by atoms with Crippen LogP contribution in [0.4, 0.5) is 5.82 Å². The van der Waals surface area contributed by atoms with E-state index in [4.69, 9.17) is 9.47 Å². The van der Waals surface area contributed by atoms with Crippen molar-refractivity contribution < 1.29 is 18.5 Å². The number of nitrogens with zero attached hydrogens (tertiary/aromatic N) is 2. The number of amides is 1. The molecule has 2 aromatic heterocycles. The Labute approximate surface area is 206 Å². The first-order valence-corrected chi connectivity index (χ1v) is 12.6. The summed E-state index contributed by atoms with van der Waals surface area (Å²) in [6, 6.07) is 14.7. The summed E-state index contributed by atoms with van der Waals surface area (Å²) in [4.78, 5) is 17.7. The van der Waals surface area contributed by atoms with Crippen molar-refractivity contribution in [2.45, 2.75) is 37.7 Å². The number of benzene rings is 2. The van der Waals surface area contributed by atoms with Gasteiger partial charge in [0.2, 0.25) is 5.91 Å². The van der Waals surface area contributed by atoms with Crippen LogP contribution in [0.3, 0.4) is 0 Å². The summed E-state index contributed by atoms with van der Waals surface area (Å²) in [7, 11) is 0.516. The molecular weight excluding hydrogens is 464 g/mol. The van der Waals surface area contributed by atoms with Crippen LogP contribution in [0, 0.1) is 6.92 Å². The van der Waals surface area contributed by atoms with E-state index in [-0.39, 0.29) is 12.3 Å². The van der Waals surface area contributed by atoms with Crippen LogP contribution >= 0.6 is 0 Å². The van der Waals surface area contributed by atoms with E-state index in [1.807, 2.05) is 57.2 Å². The highest BCUT2D eigenvalue weighted by atomic mass is 32.2. The quantitative estimate of drug-likeness (QED) is 0.364. The predicted molar refractivity (Wildman–Crippen MR) is 136 cm³/mol. The lowest BCUT2D eigenvalue weighted by atomic mass is 10.1. The molecule has 0 fully saturated rings. The fraction of sp³-hybridized carbons (Fsp3) is 0.269. The van der Waals surface area contributed by atoms with E-state index in [1.165, 1.54) is 0 Å². The van der Waals surface area contributed by atoms with E-state index in [1.54, 1.807) is 31.7 Å². The number of carbonyl (C=O) groups is 1. The van der Waals surface area contributed by atoms with E-state index in [2.05, 4.69) is 20.5 Å². The van der Waals surface area contributed by atoms with Gasteiger partial charge in [-0.2, -0.15) is 5.10 Å². The Hall–Kier alpha value is -3.56. The number of rotatable bonds is 8. The van der Waals surface area contributed by atoms with Crippen LogP contribution in [0.15, 0.2) is 59.6 Å². The van der Waals surface area contributed by atoms with Crippen LogP contribution in [0.1, 0.15) is 30.7 Å². The summed E-state index contributed by atoms with van der Waals surface area (Å²) in [5.41, 5.74) is 2.74. The number of aromatic amines is 1. The normalized spacial score (nSPS) is 12.5. The van der Waals surface area contributed by atoms with Gasteiger partial charge in [-0.15, -0.1) is 0 Å². The first kappa shape index (κ1) is 24.6. The second-order valence-electron chi connectivity index (χ2n) is 8.75. The van der Waals surface area contributed by atoms with Gasteiger partial charge in [0.05, 0.1) is 17.6 Å². The molecule has 4 rings (SSSR count). The van der Waals surface area contributed by atoms with E-state index >= 15 is 0 Å². The summed E-state index contributed by atoms with van der Waals surface area (Å²) >= 11 is 0. The molecule has 0 aliphatic rings. The first-order valence-electron chi connectivity index (χ1n) is 11.1. The maximum absolute atomic E-state index is 12.6. The third-order valence-electron chi connectivity index (χ3n) is 5.83. The Morgan fingerprint density at radius 3 is 2.63 bits per heavy atom. The van der Waals surface area contributed by atoms with Gasteiger partial charge in [0.1, 0.15) is 17.1 Å². The molecule has 35 heavy (non-hydrogen) atoms. The number of fused-ring (bicyclic) bond motifs is 1. The van der Waals surface area contributed by atoms with Gasteiger partial charge in [0, 0.05) is 46.7 Å². The number of hydrogen-bond acceptors (Lipinski definition) is 6. The van der Waals surface area contributed by atoms with Gasteiger partial charge in [-0.3, -0.25) is 19.1 Å². The second-order valence-corrected chi connectivity index (χ2v) is 10.1. The van der Waals surface area contributed by atoms with Gasteiger partial charge in [-0.1, -0.05) is 12.1 Å². The molecule has 9 heteroatoms. The molecule has 1 unspecified atom stereocenters. The highest BCUT2D eigenvalue weighted by Gasteiger charge is 2.22. The number of hydrogen-bond donors (Lipinski definition) is 2. The molecule has 0 spiro atoms. The first-order chi connectivity index (χ1) is 16.7. The lowest BCUT2D eigenvalue weighted by Crippen LogP contribution is -2.19. The number of nitrogens with one attached hydrogen (secondary N) is 2. The van der Waals surface area contributed by atoms with Gasteiger partial charge in [0.15, 0.2) is 5.82 Å². The minimum atomic E-state index is -1.11. The molecule has 8 nitrogen and oxygen atoms in total. The average molecular weight is 493 g/mol. The molecule has 0 radical (unpaired) electrons. The van der Waals surface area contributed by atoms with Crippen LogP contribution < -0.4 is 10.1 Å². The molecule has 2 N–H and O–H groups in total. The van der Waals surface area contributed by atoms with E-state index in [9.17, 15) is 9.00 Å². The molecule has 0 aliphatic heterocycles. The zero-order valence-corrected chi connectivity index (χ0v) is 21.2. The van der Waals surface area contributed by atoms with E-state index < -0.39 is 16.4 Å². The molecule has 0 saturated carbocycles. The van der Waals surface area contributed by atoms with E-state index in [0.29, 0.717) is 22.2 Å². The summed E-state index contributed by atoms with van der Waals surface area (Å²) in [5, 5.41) is 10.7. The molecule has 0 saturated heterocycles. The standard InChI is InChI=1S/C26H28N4O4S/c1-16-12-17(13-25(31)28-24-15-23(29-30-24)26(2,3)33-4)6-9-21(16)34-22-10-11-27-20-8-7-18(35(5)32)14-19(20)22/h6-12,14-15H,13H2,1-5H3,(H2,28,29,30,31). The number of methoxy groups -OCH3 is 1. The summed E-state index contributed by atoms with van der Waals surface area (Å²) in [5.74, 6) is 1.57. The van der Waals surface area contributed by atoms with Gasteiger partial charge >= 0.3 is 0 Å². The number of carbonyl (C=O) groups excluding carboxylic acids is 1. The topological polar surface area (TPSA) is 106 Å². The van der Waals surface area contributed by atoms with Crippen molar-refractivity contribution in [1.29, 1.82) is 0 Å². The lowest BCUT2D eigenvalue weighted by Gasteiger charge is -2.20. The SMILES string of the molecule is COC(C)(C)c1cc(NC(=O)Cc2ccc(Oc3ccnc4ccc(S(C)=O)cc34)c(C)c2)n[nH]1. The van der Waals surface area contributed by atoms with Gasteiger partial charge in [-0.05, 0) is 62.2 Å². The average Bonchev–Trinajstić information content (AvgIpc) is 3.30. The molecule has 2 aromatic carbocycles. The monoisotopic (exact) mass is 492 g/mol. The predicted octanol–water partition coefficient (Wildman–Crippen LogP) is 4.86. The molecular formula is C26H28N4O4S. The maximum atomic E-state index is 12.6. The highest BCUT2D eigenvalue weighted by Crippen LogP contribution is 2.32. The largest absolute Gasteiger partial charge is 0.456 e. The fourth-order valence-corrected chi connectivity index (χ4v) is 4.14. The number of pyridine rings is 1. The molecule has 1 amide bonds. The third kappa shape index (κ3) is 5.58. The van der Waals surface area contributed by atoms with Crippen LogP contribution in [0.5, 0.6) is 11.5 Å². The molecule has 0 aliphatic carbocycles. The summed E-state index contributed by atoms with van der Waals surface area (Å²) < 4.78 is 23.5. The Bertz CT molecular complexity index is 1410. The molecule has 2 heterocycles. The van der Waals surface area contributed by atoms with Crippen molar-refractivity contribution in [3.8, 4) is 11.5 Å². The zero-order valence-electron chi connectivity index (χ0n) is 20.3. The zero-order chi connectivity index (χ0) is 25.2. The minimum Gasteiger partial charge on any atom is -0.456 e.